The molecule has 1 aromatic heterocycles. The van der Waals surface area contributed by atoms with Gasteiger partial charge in [-0.15, -0.1) is 0 Å². The highest BCUT2D eigenvalue weighted by atomic mass is 32.1. The molecule has 0 unspecified atom stereocenters. The molecule has 0 saturated carbocycles. The molecule has 0 saturated heterocycles. The Hall–Kier alpha value is -0.385. The molecule has 5 heteroatoms. The summed E-state index contributed by atoms with van der Waals surface area (Å²) in [4.78, 5) is 0. The summed E-state index contributed by atoms with van der Waals surface area (Å²) in [6.45, 7) is 0. The quantitative estimate of drug-likeness (QED) is 0.469. The molecule has 0 atom stereocenters. The maximum Gasteiger partial charge on any atom is 0.500 e. The van der Waals surface area contributed by atoms with E-state index in [-0.39, 0.29) is 0 Å². The average Bonchev–Trinajstić information content (AvgIpc) is 2.12. The lowest BCUT2D eigenvalue weighted by atomic mass is 9.90. The van der Waals surface area contributed by atoms with Crippen molar-refractivity contribution in [3.05, 3.63) is 12.3 Å². The summed E-state index contributed by atoms with van der Waals surface area (Å²) in [6, 6.07) is 1.56. The lowest BCUT2D eigenvalue weighted by Crippen LogP contribution is -2.26. The second-order valence-electron chi connectivity index (χ2n) is 1.29. The van der Waals surface area contributed by atoms with Gasteiger partial charge in [0, 0.05) is 6.20 Å². The summed E-state index contributed by atoms with van der Waals surface area (Å²) in [5.74, 6) is 0. The van der Waals surface area contributed by atoms with Crippen molar-refractivity contribution in [3.63, 3.8) is 0 Å². The zero-order valence-corrected chi connectivity index (χ0v) is 4.80. The van der Waals surface area contributed by atoms with E-state index in [0.717, 1.165) is 11.5 Å². The number of hydrogen-bond donors (Lipinski definition) is 2. The van der Waals surface area contributed by atoms with E-state index >= 15 is 0 Å². The van der Waals surface area contributed by atoms with Crippen molar-refractivity contribution in [2.75, 3.05) is 0 Å². The number of nitrogens with zero attached hydrogens (tertiary/aromatic N) is 1. The average molecular weight is 129 g/mol. The van der Waals surface area contributed by atoms with Crippen molar-refractivity contribution < 1.29 is 10.0 Å². The van der Waals surface area contributed by atoms with Gasteiger partial charge in [0.1, 0.15) is 0 Å². The number of hydrogen-bond acceptors (Lipinski definition) is 4. The van der Waals surface area contributed by atoms with Gasteiger partial charge in [0.05, 0.1) is 4.78 Å². The Morgan fingerprint density at radius 1 is 1.62 bits per heavy atom. The molecule has 0 aliphatic rings. The molecule has 0 amide bonds. The first-order chi connectivity index (χ1) is 3.80. The number of rotatable bonds is 1. The minimum atomic E-state index is -1.36. The smallest absolute Gasteiger partial charge is 0.423 e. The minimum Gasteiger partial charge on any atom is -0.423 e. The van der Waals surface area contributed by atoms with E-state index in [2.05, 4.69) is 4.37 Å². The first-order valence-electron chi connectivity index (χ1n) is 2.07. The fourth-order valence-electron chi connectivity index (χ4n) is 0.359. The SMILES string of the molecule is OB(O)c1ccns1. The first kappa shape index (κ1) is 5.75. The van der Waals surface area contributed by atoms with Crippen molar-refractivity contribution in [2.45, 2.75) is 0 Å². The second kappa shape index (κ2) is 2.26. The zero-order valence-electron chi connectivity index (χ0n) is 3.98. The van der Waals surface area contributed by atoms with Gasteiger partial charge in [0.2, 0.25) is 0 Å². The maximum atomic E-state index is 8.44. The van der Waals surface area contributed by atoms with Crippen LogP contribution in [0.1, 0.15) is 0 Å². The number of aromatic nitrogens is 1. The van der Waals surface area contributed by atoms with Gasteiger partial charge in [0.25, 0.3) is 0 Å². The maximum absolute atomic E-state index is 8.44. The fraction of sp³-hybridized carbons (Fsp3) is 0. The third kappa shape index (κ3) is 1.06. The predicted molar refractivity (Wildman–Crippen MR) is 31.9 cm³/mol. The molecule has 0 spiro atoms. The molecule has 1 heterocycles. The van der Waals surface area contributed by atoms with Gasteiger partial charge in [-0.3, -0.25) is 0 Å². The minimum absolute atomic E-state index is 0.477. The van der Waals surface area contributed by atoms with Gasteiger partial charge in [-0.25, -0.2) is 4.37 Å². The molecule has 0 aliphatic heterocycles. The van der Waals surface area contributed by atoms with Crippen LogP contribution in [0.3, 0.4) is 0 Å². The molecule has 0 aromatic carbocycles. The van der Waals surface area contributed by atoms with Crippen molar-refractivity contribution in [1.82, 2.24) is 4.37 Å². The molecule has 0 aliphatic carbocycles. The fourth-order valence-corrected chi connectivity index (χ4v) is 0.818. The molecule has 1 rings (SSSR count). The van der Waals surface area contributed by atoms with Crippen LogP contribution in [-0.2, 0) is 0 Å². The highest BCUT2D eigenvalue weighted by Gasteiger charge is 2.10. The molecule has 2 N–H and O–H groups in total. The van der Waals surface area contributed by atoms with Gasteiger partial charge in [0.15, 0.2) is 0 Å². The monoisotopic (exact) mass is 129 g/mol. The van der Waals surface area contributed by atoms with Gasteiger partial charge >= 0.3 is 7.12 Å². The van der Waals surface area contributed by atoms with Crippen molar-refractivity contribution in [1.29, 1.82) is 0 Å². The standard InChI is InChI=1S/C3H4BNO2S/c6-4(7)3-1-2-5-8-3/h1-2,6-7H. The van der Waals surface area contributed by atoms with Gasteiger partial charge in [-0.2, -0.15) is 0 Å². The van der Waals surface area contributed by atoms with Crippen LogP contribution in [0.25, 0.3) is 0 Å². The summed E-state index contributed by atoms with van der Waals surface area (Å²) >= 11 is 1.08. The molecule has 0 fully saturated rings. The molecular weight excluding hydrogens is 125 g/mol. The Kier molecular flexibility index (Phi) is 1.62. The summed E-state index contributed by atoms with van der Waals surface area (Å²) in [7, 11) is -1.36. The van der Waals surface area contributed by atoms with E-state index in [0.29, 0.717) is 4.78 Å². The summed E-state index contributed by atoms with van der Waals surface area (Å²) < 4.78 is 4.14. The van der Waals surface area contributed by atoms with E-state index in [1.165, 1.54) is 6.20 Å². The van der Waals surface area contributed by atoms with E-state index in [9.17, 15) is 0 Å². The van der Waals surface area contributed by atoms with Crippen molar-refractivity contribution in [3.8, 4) is 0 Å². The van der Waals surface area contributed by atoms with Crippen LogP contribution in [0.15, 0.2) is 12.3 Å². The molecule has 0 radical (unpaired) electrons. The van der Waals surface area contributed by atoms with Crippen molar-refractivity contribution >= 4 is 23.4 Å². The molecule has 42 valence electrons. The van der Waals surface area contributed by atoms with Gasteiger partial charge < -0.3 is 10.0 Å². The molecular formula is C3H4BNO2S. The van der Waals surface area contributed by atoms with Gasteiger partial charge in [-0.1, -0.05) is 0 Å². The van der Waals surface area contributed by atoms with E-state index in [1.54, 1.807) is 6.07 Å². The predicted octanol–water partition coefficient (Wildman–Crippen LogP) is -1.18. The third-order valence-corrected chi connectivity index (χ3v) is 1.50. The van der Waals surface area contributed by atoms with Crippen LogP contribution in [-0.4, -0.2) is 21.5 Å². The Morgan fingerprint density at radius 2 is 2.38 bits per heavy atom. The highest BCUT2D eigenvalue weighted by Crippen LogP contribution is 1.85. The van der Waals surface area contributed by atoms with Crippen molar-refractivity contribution in [2.24, 2.45) is 0 Å². The Labute approximate surface area is 50.9 Å². The molecule has 1 aromatic rings. The summed E-state index contributed by atoms with van der Waals surface area (Å²) in [6.07, 6.45) is 1.53. The van der Waals surface area contributed by atoms with Gasteiger partial charge in [-0.05, 0) is 17.6 Å². The second-order valence-corrected chi connectivity index (χ2v) is 2.15. The summed E-state index contributed by atoms with van der Waals surface area (Å²) in [5.41, 5.74) is 0. The molecule has 0 bridgehead atoms. The zero-order chi connectivity index (χ0) is 5.98. The molecule has 3 nitrogen and oxygen atoms in total. The lowest BCUT2D eigenvalue weighted by molar-refractivity contribution is 0.427. The van der Waals surface area contributed by atoms with Crippen LogP contribution in [0.5, 0.6) is 0 Å². The Balaban J connectivity index is 2.77. The molecule has 8 heavy (non-hydrogen) atoms. The van der Waals surface area contributed by atoms with Crippen LogP contribution in [0.4, 0.5) is 0 Å². The third-order valence-electron chi connectivity index (χ3n) is 0.712. The topological polar surface area (TPSA) is 53.4 Å². The Morgan fingerprint density at radius 3 is 2.62 bits per heavy atom. The van der Waals surface area contributed by atoms with E-state index in [1.807, 2.05) is 0 Å². The van der Waals surface area contributed by atoms with Crippen LogP contribution in [0.2, 0.25) is 0 Å². The van der Waals surface area contributed by atoms with Crippen LogP contribution >= 0.6 is 11.5 Å². The van der Waals surface area contributed by atoms with Crippen LogP contribution in [0, 0.1) is 0 Å². The highest BCUT2D eigenvalue weighted by molar-refractivity contribution is 7.17. The summed E-state index contributed by atoms with van der Waals surface area (Å²) in [5, 5.41) is 16.9. The normalized spacial score (nSPS) is 9.25. The van der Waals surface area contributed by atoms with E-state index in [4.69, 9.17) is 10.0 Å². The largest absolute Gasteiger partial charge is 0.500 e. The lowest BCUT2D eigenvalue weighted by Gasteiger charge is -1.85. The van der Waals surface area contributed by atoms with Crippen LogP contribution < -0.4 is 4.78 Å². The van der Waals surface area contributed by atoms with E-state index < -0.39 is 7.12 Å². The first-order valence-corrected chi connectivity index (χ1v) is 2.85. The Bertz CT molecular complexity index is 152.